The first kappa shape index (κ1) is 23.9. The molecular weight excluding hydrogens is 399 g/mol. The standard InChI is InChI=1S/C24H31FN2O2S/c1-3-4-15-26-24(29)19(2)27(17-20-10-12-22(25)13-11-20)23(28)14-16-30-18-21-8-6-5-7-9-21/h5-13,19H,3-4,14-18H2,1-2H3,(H,26,29)/t19-/m0/s1. The van der Waals surface area contributed by atoms with Crippen molar-refractivity contribution in [1.29, 1.82) is 0 Å². The van der Waals surface area contributed by atoms with Crippen LogP contribution in [0.15, 0.2) is 54.6 Å². The van der Waals surface area contributed by atoms with Crippen molar-refractivity contribution in [3.63, 3.8) is 0 Å². The van der Waals surface area contributed by atoms with E-state index in [9.17, 15) is 14.0 Å². The highest BCUT2D eigenvalue weighted by Gasteiger charge is 2.25. The van der Waals surface area contributed by atoms with Crippen LogP contribution in [0.2, 0.25) is 0 Å². The van der Waals surface area contributed by atoms with E-state index in [1.54, 1.807) is 35.7 Å². The molecule has 0 saturated carbocycles. The number of benzene rings is 2. The number of nitrogens with zero attached hydrogens (tertiary/aromatic N) is 1. The van der Waals surface area contributed by atoms with Crippen molar-refractivity contribution in [1.82, 2.24) is 10.2 Å². The molecule has 0 radical (unpaired) electrons. The van der Waals surface area contributed by atoms with Gasteiger partial charge in [-0.05, 0) is 36.6 Å². The van der Waals surface area contributed by atoms with E-state index in [1.165, 1.54) is 17.7 Å². The Bertz CT molecular complexity index is 784. The molecule has 0 fully saturated rings. The van der Waals surface area contributed by atoms with Crippen molar-refractivity contribution >= 4 is 23.6 Å². The van der Waals surface area contributed by atoms with E-state index >= 15 is 0 Å². The average molecular weight is 431 g/mol. The minimum Gasteiger partial charge on any atom is -0.354 e. The van der Waals surface area contributed by atoms with E-state index in [0.29, 0.717) is 18.7 Å². The normalized spacial score (nSPS) is 11.7. The van der Waals surface area contributed by atoms with Gasteiger partial charge < -0.3 is 10.2 Å². The number of unbranched alkanes of at least 4 members (excludes halogenated alkanes) is 1. The Morgan fingerprint density at radius 1 is 1.07 bits per heavy atom. The van der Waals surface area contributed by atoms with Crippen molar-refractivity contribution in [3.05, 3.63) is 71.5 Å². The maximum absolute atomic E-state index is 13.2. The molecule has 2 aromatic carbocycles. The monoisotopic (exact) mass is 430 g/mol. The molecule has 0 aliphatic carbocycles. The van der Waals surface area contributed by atoms with Crippen LogP contribution in [0.4, 0.5) is 4.39 Å². The third kappa shape index (κ3) is 8.19. The van der Waals surface area contributed by atoms with Crippen LogP contribution in [0, 0.1) is 5.82 Å². The average Bonchev–Trinajstić information content (AvgIpc) is 2.76. The molecule has 4 nitrogen and oxygen atoms in total. The van der Waals surface area contributed by atoms with Gasteiger partial charge in [0.15, 0.2) is 0 Å². The van der Waals surface area contributed by atoms with Crippen LogP contribution in [0.1, 0.15) is 44.2 Å². The maximum Gasteiger partial charge on any atom is 0.242 e. The molecule has 0 spiro atoms. The number of nitrogens with one attached hydrogen (secondary N) is 1. The molecule has 0 aliphatic rings. The fraction of sp³-hybridized carbons (Fsp3) is 0.417. The van der Waals surface area contributed by atoms with Gasteiger partial charge >= 0.3 is 0 Å². The van der Waals surface area contributed by atoms with Crippen molar-refractivity contribution in [3.8, 4) is 0 Å². The Kier molecular flexibility index (Phi) is 10.4. The highest BCUT2D eigenvalue weighted by molar-refractivity contribution is 7.98. The van der Waals surface area contributed by atoms with Crippen LogP contribution in [0.25, 0.3) is 0 Å². The van der Waals surface area contributed by atoms with Gasteiger partial charge in [-0.25, -0.2) is 4.39 Å². The van der Waals surface area contributed by atoms with Crippen molar-refractivity contribution in [2.24, 2.45) is 0 Å². The smallest absolute Gasteiger partial charge is 0.242 e. The first-order valence-electron chi connectivity index (χ1n) is 10.4. The number of amides is 2. The summed E-state index contributed by atoms with van der Waals surface area (Å²) in [6.07, 6.45) is 2.25. The number of halogens is 1. The molecule has 0 bridgehead atoms. The minimum atomic E-state index is -0.585. The Morgan fingerprint density at radius 2 is 1.77 bits per heavy atom. The van der Waals surface area contributed by atoms with E-state index in [1.807, 2.05) is 18.2 Å². The first-order valence-corrected chi connectivity index (χ1v) is 11.6. The number of thioether (sulfide) groups is 1. The molecule has 0 saturated heterocycles. The van der Waals surface area contributed by atoms with Gasteiger partial charge in [0.2, 0.25) is 11.8 Å². The van der Waals surface area contributed by atoms with Crippen LogP contribution in [0.5, 0.6) is 0 Å². The predicted molar refractivity (Wildman–Crippen MR) is 122 cm³/mol. The van der Waals surface area contributed by atoms with Crippen molar-refractivity contribution in [2.45, 2.75) is 51.4 Å². The van der Waals surface area contributed by atoms with Crippen LogP contribution in [-0.2, 0) is 21.9 Å². The van der Waals surface area contributed by atoms with E-state index in [-0.39, 0.29) is 24.2 Å². The second-order valence-corrected chi connectivity index (χ2v) is 8.36. The van der Waals surface area contributed by atoms with Gasteiger partial charge in [-0.2, -0.15) is 11.8 Å². The topological polar surface area (TPSA) is 49.4 Å². The SMILES string of the molecule is CCCCNC(=O)[C@H](C)N(Cc1ccc(F)cc1)C(=O)CCSCc1ccccc1. The molecule has 0 aromatic heterocycles. The minimum absolute atomic E-state index is 0.0713. The fourth-order valence-electron chi connectivity index (χ4n) is 2.97. The van der Waals surface area contributed by atoms with Gasteiger partial charge in [-0.3, -0.25) is 9.59 Å². The summed E-state index contributed by atoms with van der Waals surface area (Å²) in [5.41, 5.74) is 2.02. The predicted octanol–water partition coefficient (Wildman–Crippen LogP) is 4.78. The second kappa shape index (κ2) is 13.1. The summed E-state index contributed by atoms with van der Waals surface area (Å²) in [4.78, 5) is 27.1. The summed E-state index contributed by atoms with van der Waals surface area (Å²) in [6, 6.07) is 15.6. The number of carbonyl (C=O) groups excluding carboxylic acids is 2. The van der Waals surface area contributed by atoms with Crippen LogP contribution < -0.4 is 5.32 Å². The largest absolute Gasteiger partial charge is 0.354 e. The molecule has 0 unspecified atom stereocenters. The third-order valence-corrected chi connectivity index (χ3v) is 5.87. The molecule has 30 heavy (non-hydrogen) atoms. The number of rotatable bonds is 12. The molecule has 2 rings (SSSR count). The Hall–Kier alpha value is -2.34. The summed E-state index contributed by atoms with van der Waals surface area (Å²) in [5, 5.41) is 2.90. The first-order chi connectivity index (χ1) is 14.5. The summed E-state index contributed by atoms with van der Waals surface area (Å²) < 4.78 is 13.2. The van der Waals surface area contributed by atoms with Crippen molar-refractivity contribution < 1.29 is 14.0 Å². The molecular formula is C24H31FN2O2S. The highest BCUT2D eigenvalue weighted by atomic mass is 32.2. The van der Waals surface area contributed by atoms with E-state index in [2.05, 4.69) is 24.4 Å². The van der Waals surface area contributed by atoms with E-state index < -0.39 is 6.04 Å². The summed E-state index contributed by atoms with van der Waals surface area (Å²) in [6.45, 7) is 4.70. The third-order valence-electron chi connectivity index (χ3n) is 4.83. The zero-order valence-corrected chi connectivity index (χ0v) is 18.6. The van der Waals surface area contributed by atoms with Gasteiger partial charge in [0.25, 0.3) is 0 Å². The lowest BCUT2D eigenvalue weighted by atomic mass is 10.1. The number of carbonyl (C=O) groups is 2. The fourth-order valence-corrected chi connectivity index (χ4v) is 3.86. The molecule has 0 heterocycles. The molecule has 6 heteroatoms. The second-order valence-electron chi connectivity index (χ2n) is 7.26. The van der Waals surface area contributed by atoms with Gasteiger partial charge in [-0.1, -0.05) is 55.8 Å². The highest BCUT2D eigenvalue weighted by Crippen LogP contribution is 2.16. The van der Waals surface area contributed by atoms with E-state index in [0.717, 1.165) is 24.2 Å². The van der Waals surface area contributed by atoms with Crippen LogP contribution >= 0.6 is 11.8 Å². The van der Waals surface area contributed by atoms with Crippen molar-refractivity contribution in [2.75, 3.05) is 12.3 Å². The zero-order valence-electron chi connectivity index (χ0n) is 17.8. The molecule has 162 valence electrons. The van der Waals surface area contributed by atoms with Crippen LogP contribution in [0.3, 0.4) is 0 Å². The lowest BCUT2D eigenvalue weighted by molar-refractivity contribution is -0.140. The number of hydrogen-bond donors (Lipinski definition) is 1. The summed E-state index contributed by atoms with van der Waals surface area (Å²) in [7, 11) is 0. The van der Waals surface area contributed by atoms with Crippen LogP contribution in [-0.4, -0.2) is 35.1 Å². The quantitative estimate of drug-likeness (QED) is 0.493. The lowest BCUT2D eigenvalue weighted by Gasteiger charge is -2.29. The molecule has 2 aromatic rings. The lowest BCUT2D eigenvalue weighted by Crippen LogP contribution is -2.47. The maximum atomic E-state index is 13.2. The van der Waals surface area contributed by atoms with Gasteiger partial charge in [0, 0.05) is 31.0 Å². The molecule has 1 atom stereocenters. The Balaban J connectivity index is 1.96. The van der Waals surface area contributed by atoms with Gasteiger partial charge in [0.1, 0.15) is 11.9 Å². The zero-order chi connectivity index (χ0) is 21.8. The van der Waals surface area contributed by atoms with E-state index in [4.69, 9.17) is 0 Å². The Morgan fingerprint density at radius 3 is 2.43 bits per heavy atom. The molecule has 0 aliphatic heterocycles. The summed E-state index contributed by atoms with van der Waals surface area (Å²) in [5.74, 6) is 0.977. The molecule has 2 amide bonds. The number of hydrogen-bond acceptors (Lipinski definition) is 3. The summed E-state index contributed by atoms with van der Waals surface area (Å²) >= 11 is 1.70. The Labute approximate surface area is 183 Å². The van der Waals surface area contributed by atoms with Gasteiger partial charge in [-0.15, -0.1) is 0 Å². The molecule has 1 N–H and O–H groups in total. The van der Waals surface area contributed by atoms with Gasteiger partial charge in [0.05, 0.1) is 0 Å².